The van der Waals surface area contributed by atoms with E-state index in [0.29, 0.717) is 24.9 Å². The minimum atomic E-state index is -5.00. The minimum absolute atomic E-state index is 0.149. The molecule has 9 nitrogen and oxygen atoms in total. The number of nitrogens with one attached hydrogen (secondary N) is 3. The number of rotatable bonds is 10. The lowest BCUT2D eigenvalue weighted by molar-refractivity contribution is -0.274. The maximum atomic E-state index is 13.7. The maximum absolute atomic E-state index is 13.7. The van der Waals surface area contributed by atoms with Crippen molar-refractivity contribution in [3.05, 3.63) is 48.0 Å². The van der Waals surface area contributed by atoms with Gasteiger partial charge in [-0.3, -0.25) is 4.79 Å². The van der Waals surface area contributed by atoms with Crippen LogP contribution in [0.4, 0.5) is 28.0 Å². The molecule has 0 aromatic heterocycles. The van der Waals surface area contributed by atoms with Crippen LogP contribution in [-0.2, 0) is 0 Å². The molecular formula is C25H29F4N3O6. The molecule has 3 rings (SSSR count). The van der Waals surface area contributed by atoms with Crippen LogP contribution in [-0.4, -0.2) is 54.6 Å². The van der Waals surface area contributed by atoms with E-state index in [1.807, 2.05) is 0 Å². The molecule has 0 radical (unpaired) electrons. The smallest absolute Gasteiger partial charge is 0.490 e. The first-order chi connectivity index (χ1) is 17.8. The molecule has 1 saturated carbocycles. The SMILES string of the molecule is CC(C)(F)Oc1cccc(NC(=O)NC2CCC(Oc3ccc(OC(F)(F)F)c(C(=O)NCCO)c3)C2)c1. The molecular weight excluding hydrogens is 514 g/mol. The first-order valence-electron chi connectivity index (χ1n) is 11.8. The molecule has 38 heavy (non-hydrogen) atoms. The van der Waals surface area contributed by atoms with Gasteiger partial charge in [-0.25, -0.2) is 4.79 Å². The highest BCUT2D eigenvalue weighted by Gasteiger charge is 2.33. The van der Waals surface area contributed by atoms with E-state index in [9.17, 15) is 27.2 Å². The number of amides is 3. The second-order valence-electron chi connectivity index (χ2n) is 9.03. The van der Waals surface area contributed by atoms with E-state index in [2.05, 4.69) is 20.7 Å². The van der Waals surface area contributed by atoms with Crippen LogP contribution in [0.15, 0.2) is 42.5 Å². The van der Waals surface area contributed by atoms with Crippen LogP contribution in [0.25, 0.3) is 0 Å². The zero-order chi connectivity index (χ0) is 27.9. The van der Waals surface area contributed by atoms with Gasteiger partial charge in [0.2, 0.25) is 5.85 Å². The Morgan fingerprint density at radius 3 is 2.47 bits per heavy atom. The van der Waals surface area contributed by atoms with Crippen molar-refractivity contribution >= 4 is 17.6 Å². The van der Waals surface area contributed by atoms with Crippen LogP contribution < -0.4 is 30.2 Å². The number of carbonyl (C=O) groups excluding carboxylic acids is 2. The van der Waals surface area contributed by atoms with E-state index in [4.69, 9.17) is 14.6 Å². The van der Waals surface area contributed by atoms with E-state index in [-0.39, 0.29) is 30.2 Å². The highest BCUT2D eigenvalue weighted by molar-refractivity contribution is 5.97. The van der Waals surface area contributed by atoms with Gasteiger partial charge in [-0.2, -0.15) is 4.39 Å². The largest absolute Gasteiger partial charge is 0.573 e. The average Bonchev–Trinajstić information content (AvgIpc) is 3.23. The summed E-state index contributed by atoms with van der Waals surface area (Å²) in [5.41, 5.74) is 0.00546. The molecule has 208 valence electrons. The van der Waals surface area contributed by atoms with Crippen molar-refractivity contribution in [3.8, 4) is 17.2 Å². The lowest BCUT2D eigenvalue weighted by Crippen LogP contribution is -2.37. The number of carbonyl (C=O) groups is 2. The molecule has 13 heteroatoms. The van der Waals surface area contributed by atoms with Gasteiger partial charge in [0.25, 0.3) is 5.91 Å². The molecule has 1 aliphatic rings. The molecule has 2 aromatic carbocycles. The Morgan fingerprint density at radius 1 is 1.03 bits per heavy atom. The topological polar surface area (TPSA) is 118 Å². The normalized spacial score (nSPS) is 17.4. The number of hydrogen-bond acceptors (Lipinski definition) is 6. The lowest BCUT2D eigenvalue weighted by Gasteiger charge is -2.19. The molecule has 4 N–H and O–H groups in total. The Morgan fingerprint density at radius 2 is 1.79 bits per heavy atom. The number of urea groups is 1. The molecule has 1 fully saturated rings. The Balaban J connectivity index is 1.58. The van der Waals surface area contributed by atoms with E-state index in [1.165, 1.54) is 26.0 Å². The second kappa shape index (κ2) is 12.2. The van der Waals surface area contributed by atoms with Gasteiger partial charge in [0.15, 0.2) is 0 Å². The molecule has 0 aliphatic heterocycles. The molecule has 2 aromatic rings. The lowest BCUT2D eigenvalue weighted by atomic mass is 10.1. The molecule has 2 unspecified atom stereocenters. The number of halogens is 4. The summed E-state index contributed by atoms with van der Waals surface area (Å²) in [6.07, 6.45) is -3.83. The Hall–Kier alpha value is -3.74. The summed E-state index contributed by atoms with van der Waals surface area (Å²) in [6, 6.07) is 8.93. The van der Waals surface area contributed by atoms with Crippen LogP contribution in [0.5, 0.6) is 17.2 Å². The standard InChI is InChI=1S/C25H29F4N3O6/c1-24(2,26)37-19-5-3-4-15(13-19)31-23(35)32-16-6-7-17(12-16)36-18-8-9-21(38-25(27,28)29)20(14-18)22(34)30-10-11-33/h3-5,8-9,13-14,16-17,33H,6-7,10-12H2,1-2H3,(H,30,34)(H2,31,32,35). The third kappa shape index (κ3) is 9.29. The van der Waals surface area contributed by atoms with Crippen molar-refractivity contribution in [2.45, 2.75) is 57.5 Å². The molecule has 0 saturated heterocycles. The van der Waals surface area contributed by atoms with Crippen molar-refractivity contribution in [1.29, 1.82) is 0 Å². The number of anilines is 1. The number of benzene rings is 2. The molecule has 0 spiro atoms. The van der Waals surface area contributed by atoms with E-state index >= 15 is 0 Å². The number of ether oxygens (including phenoxy) is 3. The van der Waals surface area contributed by atoms with Gasteiger partial charge in [0.05, 0.1) is 12.2 Å². The van der Waals surface area contributed by atoms with Crippen LogP contribution in [0.2, 0.25) is 0 Å². The van der Waals surface area contributed by atoms with Gasteiger partial charge in [-0.15, -0.1) is 13.2 Å². The zero-order valence-electron chi connectivity index (χ0n) is 20.7. The molecule has 1 aliphatic carbocycles. The Bertz CT molecular complexity index is 1120. The molecule has 2 atom stereocenters. The Labute approximate surface area is 216 Å². The van der Waals surface area contributed by atoms with Crippen molar-refractivity contribution in [3.63, 3.8) is 0 Å². The fraction of sp³-hybridized carbons (Fsp3) is 0.440. The summed E-state index contributed by atoms with van der Waals surface area (Å²) in [7, 11) is 0. The third-order valence-corrected chi connectivity index (χ3v) is 5.29. The summed E-state index contributed by atoms with van der Waals surface area (Å²) >= 11 is 0. The van der Waals surface area contributed by atoms with Crippen molar-refractivity contribution in [2.24, 2.45) is 0 Å². The minimum Gasteiger partial charge on any atom is -0.490 e. The van der Waals surface area contributed by atoms with Crippen LogP contribution >= 0.6 is 0 Å². The summed E-state index contributed by atoms with van der Waals surface area (Å²) < 4.78 is 66.9. The van der Waals surface area contributed by atoms with Crippen LogP contribution in [0.3, 0.4) is 0 Å². The Kier molecular flexibility index (Phi) is 9.26. The third-order valence-electron chi connectivity index (χ3n) is 5.29. The second-order valence-corrected chi connectivity index (χ2v) is 9.03. The molecule has 3 amide bonds. The first-order valence-corrected chi connectivity index (χ1v) is 11.8. The van der Waals surface area contributed by atoms with Crippen molar-refractivity contribution < 1.29 is 46.5 Å². The van der Waals surface area contributed by atoms with Crippen LogP contribution in [0.1, 0.15) is 43.5 Å². The van der Waals surface area contributed by atoms with E-state index in [0.717, 1.165) is 12.1 Å². The highest BCUT2D eigenvalue weighted by atomic mass is 19.4. The van der Waals surface area contributed by atoms with Gasteiger partial charge < -0.3 is 35.3 Å². The number of aliphatic hydroxyl groups excluding tert-OH is 1. The van der Waals surface area contributed by atoms with E-state index < -0.39 is 42.1 Å². The number of hydrogen-bond donors (Lipinski definition) is 4. The molecule has 0 heterocycles. The summed E-state index contributed by atoms with van der Waals surface area (Å²) in [4.78, 5) is 24.7. The van der Waals surface area contributed by atoms with E-state index in [1.54, 1.807) is 18.2 Å². The monoisotopic (exact) mass is 543 g/mol. The summed E-state index contributed by atoms with van der Waals surface area (Å²) in [6.45, 7) is 1.97. The zero-order valence-corrected chi connectivity index (χ0v) is 20.7. The highest BCUT2D eigenvalue weighted by Crippen LogP contribution is 2.32. The van der Waals surface area contributed by atoms with Gasteiger partial charge in [0.1, 0.15) is 23.4 Å². The van der Waals surface area contributed by atoms with Crippen LogP contribution in [0, 0.1) is 0 Å². The average molecular weight is 544 g/mol. The van der Waals surface area contributed by atoms with Gasteiger partial charge in [-0.1, -0.05) is 6.07 Å². The van der Waals surface area contributed by atoms with Gasteiger partial charge >= 0.3 is 12.4 Å². The molecule has 0 bridgehead atoms. The van der Waals surface area contributed by atoms with Crippen molar-refractivity contribution in [1.82, 2.24) is 10.6 Å². The van der Waals surface area contributed by atoms with Crippen molar-refractivity contribution in [2.75, 3.05) is 18.5 Å². The maximum Gasteiger partial charge on any atom is 0.573 e. The summed E-state index contributed by atoms with van der Waals surface area (Å²) in [5.74, 6) is -3.05. The van der Waals surface area contributed by atoms with Gasteiger partial charge in [-0.05, 0) is 43.2 Å². The van der Waals surface area contributed by atoms with Gasteiger partial charge in [0, 0.05) is 44.6 Å². The number of alkyl halides is 4. The predicted molar refractivity (Wildman–Crippen MR) is 129 cm³/mol. The quantitative estimate of drug-likeness (QED) is 0.328. The predicted octanol–water partition coefficient (Wildman–Crippen LogP) is 4.51. The summed E-state index contributed by atoms with van der Waals surface area (Å²) in [5, 5.41) is 16.6. The fourth-order valence-electron chi connectivity index (χ4n) is 3.88. The first kappa shape index (κ1) is 28.8. The fourth-order valence-corrected chi connectivity index (χ4v) is 3.88. The number of aliphatic hydroxyl groups is 1.